The fraction of sp³-hybridized carbons (Fsp3) is 0.286. The second kappa shape index (κ2) is 8.21. The van der Waals surface area contributed by atoms with Gasteiger partial charge < -0.3 is 10.5 Å². The van der Waals surface area contributed by atoms with E-state index in [1.54, 1.807) is 23.0 Å². The van der Waals surface area contributed by atoms with Crippen LogP contribution < -0.4 is 10.5 Å². The molecule has 0 radical (unpaired) electrons. The van der Waals surface area contributed by atoms with Crippen molar-refractivity contribution >= 4 is 11.7 Å². The quantitative estimate of drug-likeness (QED) is 0.502. The Morgan fingerprint density at radius 2 is 2.00 bits per heavy atom. The smallest absolute Gasteiger partial charge is 0.175 e. The summed E-state index contributed by atoms with van der Waals surface area (Å²) in [5.74, 6) is 1.56. The molecule has 7 heteroatoms. The van der Waals surface area contributed by atoms with E-state index in [2.05, 4.69) is 15.1 Å². The Bertz CT molecular complexity index is 946. The lowest BCUT2D eigenvalue weighted by Gasteiger charge is -2.26. The summed E-state index contributed by atoms with van der Waals surface area (Å²) in [6.07, 6.45) is 7.44. The Labute approximate surface area is 162 Å². The lowest BCUT2D eigenvalue weighted by molar-refractivity contribution is 0.120. The third-order valence-electron chi connectivity index (χ3n) is 4.66. The van der Waals surface area contributed by atoms with Gasteiger partial charge in [0.1, 0.15) is 17.4 Å². The third-order valence-corrected chi connectivity index (χ3v) is 4.66. The second-order valence-electron chi connectivity index (χ2n) is 6.93. The fourth-order valence-corrected chi connectivity index (χ4v) is 2.93. The standard InChI is InChI=1S/C21H22FN5O/c22-16-6-7-17(24-13-16)14-27-11-10-21(26-27)25-20(23)12-15-4-8-19(9-5-15)28-18-2-1-3-18/h4-11,13,18H,1-3,12,14H2,(H2,23,25,26). The Kier molecular flexibility index (Phi) is 5.32. The van der Waals surface area contributed by atoms with E-state index < -0.39 is 0 Å². The normalized spacial score (nSPS) is 14.7. The number of aliphatic imine (C=N–C) groups is 1. The van der Waals surface area contributed by atoms with Crippen LogP contribution in [0.4, 0.5) is 10.2 Å². The molecular weight excluding hydrogens is 357 g/mol. The molecule has 0 atom stereocenters. The predicted molar refractivity (Wildman–Crippen MR) is 105 cm³/mol. The van der Waals surface area contributed by atoms with E-state index >= 15 is 0 Å². The number of halogens is 1. The molecule has 0 saturated heterocycles. The summed E-state index contributed by atoms with van der Waals surface area (Å²) in [6.45, 7) is 0.443. The largest absolute Gasteiger partial charge is 0.490 e. The van der Waals surface area contributed by atoms with E-state index in [9.17, 15) is 4.39 Å². The maximum atomic E-state index is 12.9. The van der Waals surface area contributed by atoms with Crippen molar-refractivity contribution in [2.45, 2.75) is 38.3 Å². The van der Waals surface area contributed by atoms with Gasteiger partial charge in [-0.25, -0.2) is 9.38 Å². The van der Waals surface area contributed by atoms with Gasteiger partial charge in [0.25, 0.3) is 0 Å². The van der Waals surface area contributed by atoms with Crippen LogP contribution in [0.2, 0.25) is 0 Å². The first-order chi connectivity index (χ1) is 13.6. The fourth-order valence-electron chi connectivity index (χ4n) is 2.93. The minimum atomic E-state index is -0.357. The predicted octanol–water partition coefficient (Wildman–Crippen LogP) is 3.63. The number of aromatic nitrogens is 3. The number of nitrogens with zero attached hydrogens (tertiary/aromatic N) is 4. The number of hydrogen-bond donors (Lipinski definition) is 1. The Morgan fingerprint density at radius 1 is 1.18 bits per heavy atom. The molecule has 1 aliphatic carbocycles. The number of ether oxygens (including phenoxy) is 1. The molecule has 4 rings (SSSR count). The summed E-state index contributed by atoms with van der Waals surface area (Å²) >= 11 is 0. The topological polar surface area (TPSA) is 78.3 Å². The molecule has 1 saturated carbocycles. The van der Waals surface area contributed by atoms with Crippen LogP contribution >= 0.6 is 0 Å². The van der Waals surface area contributed by atoms with E-state index in [1.165, 1.54) is 18.7 Å². The average molecular weight is 379 g/mol. The zero-order chi connectivity index (χ0) is 19.3. The number of pyridine rings is 1. The molecule has 2 N–H and O–H groups in total. The van der Waals surface area contributed by atoms with Crippen molar-refractivity contribution in [3.63, 3.8) is 0 Å². The highest BCUT2D eigenvalue weighted by Crippen LogP contribution is 2.25. The third kappa shape index (κ3) is 4.73. The van der Waals surface area contributed by atoms with Gasteiger partial charge >= 0.3 is 0 Å². The summed E-state index contributed by atoms with van der Waals surface area (Å²) in [5, 5.41) is 4.37. The SMILES string of the molecule is NC(Cc1ccc(OC2CCC2)cc1)=Nc1ccn(Cc2ccc(F)cn2)n1. The first-order valence-corrected chi connectivity index (χ1v) is 9.36. The maximum Gasteiger partial charge on any atom is 0.175 e. The molecule has 1 aliphatic rings. The van der Waals surface area contributed by atoms with Crippen molar-refractivity contribution in [3.8, 4) is 5.75 Å². The van der Waals surface area contributed by atoms with Gasteiger partial charge in [0.2, 0.25) is 0 Å². The van der Waals surface area contributed by atoms with Crippen LogP contribution in [0.25, 0.3) is 0 Å². The van der Waals surface area contributed by atoms with Gasteiger partial charge in [-0.1, -0.05) is 12.1 Å². The van der Waals surface area contributed by atoms with Crippen LogP contribution in [0.1, 0.15) is 30.5 Å². The first-order valence-electron chi connectivity index (χ1n) is 9.36. The molecular formula is C21H22FN5O. The van der Waals surface area contributed by atoms with Crippen LogP contribution in [-0.2, 0) is 13.0 Å². The van der Waals surface area contributed by atoms with Gasteiger partial charge in [-0.3, -0.25) is 9.67 Å². The van der Waals surface area contributed by atoms with Crippen LogP contribution in [0.5, 0.6) is 5.75 Å². The number of benzene rings is 1. The Morgan fingerprint density at radius 3 is 2.68 bits per heavy atom. The molecule has 0 amide bonds. The summed E-state index contributed by atoms with van der Waals surface area (Å²) < 4.78 is 20.5. The molecule has 6 nitrogen and oxygen atoms in total. The van der Waals surface area contributed by atoms with Crippen molar-refractivity contribution in [1.82, 2.24) is 14.8 Å². The van der Waals surface area contributed by atoms with Gasteiger partial charge in [0, 0.05) is 18.7 Å². The first kappa shape index (κ1) is 18.2. The number of hydrogen-bond acceptors (Lipinski definition) is 4. The summed E-state index contributed by atoms with van der Waals surface area (Å²) in [4.78, 5) is 8.40. The molecule has 144 valence electrons. The lowest BCUT2D eigenvalue weighted by atomic mass is 9.96. The van der Waals surface area contributed by atoms with E-state index in [0.29, 0.717) is 30.7 Å². The van der Waals surface area contributed by atoms with Crippen molar-refractivity contribution in [2.24, 2.45) is 10.7 Å². The van der Waals surface area contributed by atoms with Gasteiger partial charge in [0.05, 0.1) is 24.5 Å². The molecule has 0 spiro atoms. The van der Waals surface area contributed by atoms with Gasteiger partial charge in [-0.2, -0.15) is 5.10 Å². The van der Waals surface area contributed by atoms with Crippen molar-refractivity contribution in [3.05, 3.63) is 71.9 Å². The van der Waals surface area contributed by atoms with Crippen molar-refractivity contribution in [2.75, 3.05) is 0 Å². The second-order valence-corrected chi connectivity index (χ2v) is 6.93. The molecule has 28 heavy (non-hydrogen) atoms. The Balaban J connectivity index is 1.34. The van der Waals surface area contributed by atoms with E-state index in [0.717, 1.165) is 29.8 Å². The van der Waals surface area contributed by atoms with E-state index in [1.807, 2.05) is 24.3 Å². The highest BCUT2D eigenvalue weighted by Gasteiger charge is 2.18. The Hall–Kier alpha value is -3.22. The number of rotatable bonds is 7. The highest BCUT2D eigenvalue weighted by atomic mass is 19.1. The molecule has 0 aliphatic heterocycles. The number of nitrogens with two attached hydrogens (primary N) is 1. The van der Waals surface area contributed by atoms with Crippen molar-refractivity contribution < 1.29 is 9.13 Å². The molecule has 2 heterocycles. The van der Waals surface area contributed by atoms with Crippen LogP contribution in [-0.4, -0.2) is 26.7 Å². The molecule has 0 bridgehead atoms. The van der Waals surface area contributed by atoms with Gasteiger partial charge in [-0.05, 0) is 49.1 Å². The van der Waals surface area contributed by atoms with Gasteiger partial charge in [-0.15, -0.1) is 0 Å². The average Bonchev–Trinajstić information content (AvgIpc) is 3.08. The lowest BCUT2D eigenvalue weighted by Crippen LogP contribution is -2.24. The minimum absolute atomic E-state index is 0.357. The summed E-state index contributed by atoms with van der Waals surface area (Å²) in [6, 6.07) is 12.8. The summed E-state index contributed by atoms with van der Waals surface area (Å²) in [7, 11) is 0. The van der Waals surface area contributed by atoms with E-state index in [-0.39, 0.29) is 5.82 Å². The molecule has 1 fully saturated rings. The molecule has 3 aromatic rings. The van der Waals surface area contributed by atoms with Crippen molar-refractivity contribution in [1.29, 1.82) is 0 Å². The molecule has 0 unspecified atom stereocenters. The highest BCUT2D eigenvalue weighted by molar-refractivity contribution is 5.84. The number of amidine groups is 1. The van der Waals surface area contributed by atoms with Crippen LogP contribution in [0.15, 0.2) is 59.9 Å². The minimum Gasteiger partial charge on any atom is -0.490 e. The molecule has 1 aromatic carbocycles. The van der Waals surface area contributed by atoms with E-state index in [4.69, 9.17) is 10.5 Å². The van der Waals surface area contributed by atoms with Crippen LogP contribution in [0.3, 0.4) is 0 Å². The zero-order valence-electron chi connectivity index (χ0n) is 15.5. The zero-order valence-corrected chi connectivity index (χ0v) is 15.5. The monoisotopic (exact) mass is 379 g/mol. The van der Waals surface area contributed by atoms with Crippen LogP contribution in [0, 0.1) is 5.82 Å². The van der Waals surface area contributed by atoms with Gasteiger partial charge in [0.15, 0.2) is 5.82 Å². The maximum absolute atomic E-state index is 12.9. The summed E-state index contributed by atoms with van der Waals surface area (Å²) in [5.41, 5.74) is 7.87. The molecule has 2 aromatic heterocycles.